The van der Waals surface area contributed by atoms with Crippen LogP contribution >= 0.6 is 0 Å². The van der Waals surface area contributed by atoms with Crippen LogP contribution in [0.2, 0.25) is 0 Å². The quantitative estimate of drug-likeness (QED) is 0.825. The maximum absolute atomic E-state index is 13.5. The van der Waals surface area contributed by atoms with Gasteiger partial charge < -0.3 is 15.2 Å². The molecule has 5 nitrogen and oxygen atoms in total. The summed E-state index contributed by atoms with van der Waals surface area (Å²) in [6.07, 6.45) is -2.07. The zero-order valence-corrected chi connectivity index (χ0v) is 15.3. The van der Waals surface area contributed by atoms with Crippen LogP contribution in [-0.4, -0.2) is 34.4 Å². The predicted molar refractivity (Wildman–Crippen MR) is 91.8 cm³/mol. The highest BCUT2D eigenvalue weighted by atomic mass is 19.4. The van der Waals surface area contributed by atoms with Crippen molar-refractivity contribution in [3.63, 3.8) is 0 Å². The standard InChI is InChI=1S/C18H24F3N3O2/c1-11(2)9-17(4,22)10-25-15-6-5-14(26-16(15)18(19,20)21)13-7-8-23-12(3)24-13/h5-8,11,16H,9-10,22H2,1-4H3/t16?,17-/m0/s1. The maximum atomic E-state index is 13.5. The molecule has 0 amide bonds. The van der Waals surface area contributed by atoms with Crippen molar-refractivity contribution >= 4 is 5.76 Å². The largest absolute Gasteiger partial charge is 0.492 e. The lowest BCUT2D eigenvalue weighted by Crippen LogP contribution is -2.44. The summed E-state index contributed by atoms with van der Waals surface area (Å²) in [6.45, 7) is 7.35. The van der Waals surface area contributed by atoms with E-state index in [0.717, 1.165) is 0 Å². The minimum Gasteiger partial charge on any atom is -0.492 e. The van der Waals surface area contributed by atoms with Crippen LogP contribution in [0.5, 0.6) is 0 Å². The summed E-state index contributed by atoms with van der Waals surface area (Å²) in [4.78, 5) is 8.02. The molecular formula is C18H24F3N3O2. The first-order valence-corrected chi connectivity index (χ1v) is 8.35. The summed E-state index contributed by atoms with van der Waals surface area (Å²) in [5, 5.41) is 0. The van der Waals surface area contributed by atoms with Gasteiger partial charge in [-0.2, -0.15) is 13.2 Å². The van der Waals surface area contributed by atoms with E-state index in [-0.39, 0.29) is 23.8 Å². The van der Waals surface area contributed by atoms with E-state index in [0.29, 0.717) is 18.2 Å². The van der Waals surface area contributed by atoms with Gasteiger partial charge >= 0.3 is 6.18 Å². The SMILES string of the molecule is Cc1nccc(C2=CC=C(OC[C@@](C)(N)CC(C)C)C(C(F)(F)F)O2)n1. The molecule has 0 saturated heterocycles. The van der Waals surface area contributed by atoms with Crippen molar-refractivity contribution in [1.82, 2.24) is 9.97 Å². The van der Waals surface area contributed by atoms with Crippen molar-refractivity contribution in [3.8, 4) is 0 Å². The molecule has 8 heteroatoms. The van der Waals surface area contributed by atoms with Crippen LogP contribution < -0.4 is 5.73 Å². The highest BCUT2D eigenvalue weighted by Crippen LogP contribution is 2.35. The van der Waals surface area contributed by atoms with Gasteiger partial charge in [0.05, 0.1) is 0 Å². The van der Waals surface area contributed by atoms with Gasteiger partial charge in [0.2, 0.25) is 6.10 Å². The second kappa shape index (κ2) is 7.65. The molecule has 26 heavy (non-hydrogen) atoms. The monoisotopic (exact) mass is 371 g/mol. The summed E-state index contributed by atoms with van der Waals surface area (Å²) >= 11 is 0. The lowest BCUT2D eigenvalue weighted by Gasteiger charge is -2.31. The van der Waals surface area contributed by atoms with Crippen molar-refractivity contribution in [2.75, 3.05) is 6.61 Å². The third-order valence-electron chi connectivity index (χ3n) is 3.67. The van der Waals surface area contributed by atoms with Crippen molar-refractivity contribution in [2.24, 2.45) is 11.7 Å². The van der Waals surface area contributed by atoms with Crippen LogP contribution in [0, 0.1) is 12.8 Å². The molecule has 144 valence electrons. The van der Waals surface area contributed by atoms with Gasteiger partial charge in [-0.1, -0.05) is 13.8 Å². The number of halogens is 3. The number of alkyl halides is 3. The van der Waals surface area contributed by atoms with Crippen LogP contribution in [0.15, 0.2) is 30.2 Å². The minimum atomic E-state index is -4.63. The van der Waals surface area contributed by atoms with Crippen LogP contribution in [-0.2, 0) is 9.47 Å². The van der Waals surface area contributed by atoms with E-state index in [9.17, 15) is 13.2 Å². The number of hydrogen-bond donors (Lipinski definition) is 1. The summed E-state index contributed by atoms with van der Waals surface area (Å²) in [5.41, 5.74) is 5.66. The highest BCUT2D eigenvalue weighted by Gasteiger charge is 2.47. The average molecular weight is 371 g/mol. The van der Waals surface area contributed by atoms with E-state index < -0.39 is 17.8 Å². The van der Waals surface area contributed by atoms with Gasteiger partial charge in [0.25, 0.3) is 0 Å². The molecule has 1 aliphatic heterocycles. The molecule has 2 N–H and O–H groups in total. The minimum absolute atomic E-state index is 0.0165. The number of allylic oxidation sites excluding steroid dienone is 2. The number of aryl methyl sites for hydroxylation is 1. The molecule has 2 heterocycles. The zero-order chi connectivity index (χ0) is 19.5. The van der Waals surface area contributed by atoms with Crippen LogP contribution in [0.25, 0.3) is 5.76 Å². The molecule has 0 saturated carbocycles. The Bertz CT molecular complexity index is 697. The fourth-order valence-electron chi connectivity index (χ4n) is 2.80. The topological polar surface area (TPSA) is 70.3 Å². The van der Waals surface area contributed by atoms with E-state index in [1.165, 1.54) is 24.4 Å². The van der Waals surface area contributed by atoms with Crippen LogP contribution in [0.1, 0.15) is 38.7 Å². The van der Waals surface area contributed by atoms with Crippen LogP contribution in [0.3, 0.4) is 0 Å². The second-order valence-electron chi connectivity index (χ2n) is 7.17. The first-order chi connectivity index (χ1) is 12.0. The number of hydrogen-bond acceptors (Lipinski definition) is 5. The van der Waals surface area contributed by atoms with Crippen molar-refractivity contribution in [3.05, 3.63) is 41.7 Å². The van der Waals surface area contributed by atoms with E-state index in [4.69, 9.17) is 15.2 Å². The van der Waals surface area contributed by atoms with E-state index in [2.05, 4.69) is 9.97 Å². The smallest absolute Gasteiger partial charge is 0.432 e. The van der Waals surface area contributed by atoms with Gasteiger partial charge in [-0.3, -0.25) is 0 Å². The van der Waals surface area contributed by atoms with E-state index in [1.54, 1.807) is 13.8 Å². The Labute approximate surface area is 151 Å². The van der Waals surface area contributed by atoms with Gasteiger partial charge in [-0.05, 0) is 44.4 Å². The third kappa shape index (κ3) is 5.45. The van der Waals surface area contributed by atoms with Gasteiger partial charge in [0.1, 0.15) is 29.6 Å². The molecule has 2 atom stereocenters. The Morgan fingerprint density at radius 1 is 1.31 bits per heavy atom. The summed E-state index contributed by atoms with van der Waals surface area (Å²) in [6, 6.07) is 1.49. The number of ether oxygens (including phenoxy) is 2. The lowest BCUT2D eigenvalue weighted by atomic mass is 9.93. The molecule has 0 fully saturated rings. The highest BCUT2D eigenvalue weighted by molar-refractivity contribution is 5.60. The molecule has 0 radical (unpaired) electrons. The Hall–Kier alpha value is -2.09. The second-order valence-corrected chi connectivity index (χ2v) is 7.17. The molecule has 0 aliphatic carbocycles. The Balaban J connectivity index is 2.22. The number of rotatable bonds is 6. The van der Waals surface area contributed by atoms with Gasteiger partial charge in [0.15, 0.2) is 0 Å². The molecule has 1 unspecified atom stereocenters. The Morgan fingerprint density at radius 2 is 2.00 bits per heavy atom. The molecule has 0 spiro atoms. The zero-order valence-electron chi connectivity index (χ0n) is 15.3. The van der Waals surface area contributed by atoms with Crippen molar-refractivity contribution in [1.29, 1.82) is 0 Å². The molecule has 1 aliphatic rings. The lowest BCUT2D eigenvalue weighted by molar-refractivity contribution is -0.201. The number of aromatic nitrogens is 2. The van der Waals surface area contributed by atoms with E-state index >= 15 is 0 Å². The summed E-state index contributed by atoms with van der Waals surface area (Å²) < 4.78 is 50.9. The first-order valence-electron chi connectivity index (χ1n) is 8.35. The molecule has 2 rings (SSSR count). The summed E-state index contributed by atoms with van der Waals surface area (Å²) in [5.74, 6) is 0.445. The van der Waals surface area contributed by atoms with Crippen LogP contribution in [0.4, 0.5) is 13.2 Å². The van der Waals surface area contributed by atoms with Gasteiger partial charge in [-0.25, -0.2) is 9.97 Å². The fourth-order valence-corrected chi connectivity index (χ4v) is 2.80. The fraction of sp³-hybridized carbons (Fsp3) is 0.556. The molecule has 1 aromatic rings. The molecule has 0 bridgehead atoms. The number of nitrogens with zero attached hydrogens (tertiary/aromatic N) is 2. The summed E-state index contributed by atoms with van der Waals surface area (Å²) in [7, 11) is 0. The molecule has 1 aromatic heterocycles. The van der Waals surface area contributed by atoms with Gasteiger partial charge in [-0.15, -0.1) is 0 Å². The van der Waals surface area contributed by atoms with Crippen molar-refractivity contribution in [2.45, 2.75) is 51.9 Å². The first kappa shape index (κ1) is 20.2. The third-order valence-corrected chi connectivity index (χ3v) is 3.67. The van der Waals surface area contributed by atoms with Gasteiger partial charge in [0, 0.05) is 11.7 Å². The predicted octanol–water partition coefficient (Wildman–Crippen LogP) is 3.75. The van der Waals surface area contributed by atoms with Crippen molar-refractivity contribution < 1.29 is 22.6 Å². The normalized spacial score (nSPS) is 20.1. The maximum Gasteiger partial charge on any atom is 0.432 e. The Morgan fingerprint density at radius 3 is 2.58 bits per heavy atom. The average Bonchev–Trinajstić information content (AvgIpc) is 2.51. The molecule has 0 aromatic carbocycles. The van der Waals surface area contributed by atoms with E-state index in [1.807, 2.05) is 13.8 Å². The Kier molecular flexibility index (Phi) is 5.95. The number of nitrogens with two attached hydrogens (primary N) is 1. The molecular weight excluding hydrogens is 347 g/mol.